The summed E-state index contributed by atoms with van der Waals surface area (Å²) in [5.74, 6) is -0.148. The second-order valence-electron chi connectivity index (χ2n) is 3.30. The summed E-state index contributed by atoms with van der Waals surface area (Å²) in [5.41, 5.74) is 0.574. The van der Waals surface area contributed by atoms with Crippen molar-refractivity contribution >= 4 is 5.97 Å². The van der Waals surface area contributed by atoms with Gasteiger partial charge in [-0.2, -0.15) is 0 Å². The van der Waals surface area contributed by atoms with Gasteiger partial charge in [-0.1, -0.05) is 6.07 Å². The van der Waals surface area contributed by atoms with Gasteiger partial charge in [0.05, 0.1) is 6.61 Å². The Bertz CT molecular complexity index is 533. The molecule has 0 fully saturated rings. The molecule has 0 atom stereocenters. The Balaban J connectivity index is 2.31. The molecule has 5 heteroatoms. The van der Waals surface area contributed by atoms with Gasteiger partial charge in [-0.25, -0.2) is 9.78 Å². The van der Waals surface area contributed by atoms with E-state index in [-0.39, 0.29) is 11.6 Å². The number of hydrogen-bond donors (Lipinski definition) is 1. The minimum atomic E-state index is -1.11. The number of ether oxygens (including phenoxy) is 1. The van der Waals surface area contributed by atoms with Gasteiger partial charge >= 0.3 is 5.97 Å². The van der Waals surface area contributed by atoms with Crippen molar-refractivity contribution in [2.45, 2.75) is 6.92 Å². The van der Waals surface area contributed by atoms with Crippen LogP contribution in [-0.2, 0) is 0 Å². The lowest BCUT2D eigenvalue weighted by Crippen LogP contribution is -1.95. The van der Waals surface area contributed by atoms with E-state index in [0.717, 1.165) is 6.26 Å². The smallest absolute Gasteiger partial charge is 0.357 e. The topological polar surface area (TPSA) is 72.6 Å². The minimum Gasteiger partial charge on any atom is -0.494 e. The van der Waals surface area contributed by atoms with E-state index >= 15 is 0 Å². The standard InChI is InChI=1S/C12H11NO4/c1-2-16-9-5-3-4-8(6-9)11-13-10(7-17-11)12(14)15/h3-7H,2H2,1H3,(H,14,15). The van der Waals surface area contributed by atoms with Crippen molar-refractivity contribution in [3.63, 3.8) is 0 Å². The molecule has 0 aliphatic rings. The van der Waals surface area contributed by atoms with E-state index in [2.05, 4.69) is 4.98 Å². The zero-order chi connectivity index (χ0) is 12.3. The number of oxazole rings is 1. The van der Waals surface area contributed by atoms with Gasteiger partial charge in [0.25, 0.3) is 0 Å². The van der Waals surface area contributed by atoms with Crippen LogP contribution in [0, 0.1) is 0 Å². The van der Waals surface area contributed by atoms with Gasteiger partial charge in [-0.3, -0.25) is 0 Å². The number of benzene rings is 1. The second kappa shape index (κ2) is 4.69. The van der Waals surface area contributed by atoms with Crippen molar-refractivity contribution in [2.24, 2.45) is 0 Å². The molecule has 2 rings (SSSR count). The largest absolute Gasteiger partial charge is 0.494 e. The predicted molar refractivity (Wildman–Crippen MR) is 60.1 cm³/mol. The van der Waals surface area contributed by atoms with E-state index in [1.807, 2.05) is 13.0 Å². The molecular weight excluding hydrogens is 222 g/mol. The van der Waals surface area contributed by atoms with Gasteiger partial charge < -0.3 is 14.3 Å². The van der Waals surface area contributed by atoms with Crippen LogP contribution in [0.1, 0.15) is 17.4 Å². The first kappa shape index (κ1) is 11.2. The van der Waals surface area contributed by atoms with Gasteiger partial charge in [-0.15, -0.1) is 0 Å². The predicted octanol–water partition coefficient (Wildman–Crippen LogP) is 2.44. The lowest BCUT2D eigenvalue weighted by molar-refractivity contribution is 0.0690. The first-order valence-corrected chi connectivity index (χ1v) is 5.12. The first-order valence-electron chi connectivity index (χ1n) is 5.12. The number of aromatic nitrogens is 1. The highest BCUT2D eigenvalue weighted by molar-refractivity contribution is 5.85. The summed E-state index contributed by atoms with van der Waals surface area (Å²) in [6, 6.07) is 7.14. The summed E-state index contributed by atoms with van der Waals surface area (Å²) in [4.78, 5) is 14.5. The molecule has 1 heterocycles. The molecule has 1 N–H and O–H groups in total. The van der Waals surface area contributed by atoms with E-state index in [4.69, 9.17) is 14.3 Å². The number of carboxylic acid groups (broad SMARTS) is 1. The van der Waals surface area contributed by atoms with Crippen molar-refractivity contribution in [2.75, 3.05) is 6.61 Å². The summed E-state index contributed by atoms with van der Waals surface area (Å²) in [6.07, 6.45) is 1.12. The number of aromatic carboxylic acids is 1. The maximum Gasteiger partial charge on any atom is 0.357 e. The molecule has 0 aliphatic heterocycles. The normalized spacial score (nSPS) is 10.2. The molecule has 0 radical (unpaired) electrons. The van der Waals surface area contributed by atoms with E-state index in [1.165, 1.54) is 0 Å². The maximum absolute atomic E-state index is 10.7. The van der Waals surface area contributed by atoms with Crippen LogP contribution in [0.3, 0.4) is 0 Å². The quantitative estimate of drug-likeness (QED) is 0.877. The Morgan fingerprint density at radius 1 is 1.53 bits per heavy atom. The minimum absolute atomic E-state index is 0.109. The number of hydrogen-bond acceptors (Lipinski definition) is 4. The lowest BCUT2D eigenvalue weighted by atomic mass is 10.2. The van der Waals surface area contributed by atoms with Crippen molar-refractivity contribution < 1.29 is 19.1 Å². The highest BCUT2D eigenvalue weighted by Crippen LogP contribution is 2.23. The second-order valence-corrected chi connectivity index (χ2v) is 3.30. The van der Waals surface area contributed by atoms with Crippen LogP contribution in [0.5, 0.6) is 5.75 Å². The molecule has 17 heavy (non-hydrogen) atoms. The average Bonchev–Trinajstić information content (AvgIpc) is 2.79. The molecule has 0 saturated carbocycles. The van der Waals surface area contributed by atoms with Crippen molar-refractivity contribution in [1.82, 2.24) is 4.98 Å². The molecule has 5 nitrogen and oxygen atoms in total. The Hall–Kier alpha value is -2.30. The van der Waals surface area contributed by atoms with Crippen LogP contribution in [0.25, 0.3) is 11.5 Å². The van der Waals surface area contributed by atoms with Crippen molar-refractivity contribution in [3.8, 4) is 17.2 Å². The van der Waals surface area contributed by atoms with Crippen LogP contribution in [-0.4, -0.2) is 22.7 Å². The number of carbonyl (C=O) groups is 1. The summed E-state index contributed by atoms with van der Waals surface area (Å²) in [7, 11) is 0. The molecule has 1 aromatic heterocycles. The molecule has 0 aliphatic carbocycles. The van der Waals surface area contributed by atoms with E-state index < -0.39 is 5.97 Å². The molecular formula is C12H11NO4. The van der Waals surface area contributed by atoms with E-state index in [0.29, 0.717) is 17.9 Å². The van der Waals surface area contributed by atoms with Gasteiger partial charge in [0, 0.05) is 5.56 Å². The third kappa shape index (κ3) is 2.44. The summed E-state index contributed by atoms with van der Waals surface area (Å²) in [6.45, 7) is 2.45. The third-order valence-corrected chi connectivity index (χ3v) is 2.12. The van der Waals surface area contributed by atoms with Crippen molar-refractivity contribution in [1.29, 1.82) is 0 Å². The SMILES string of the molecule is CCOc1cccc(-c2nc(C(=O)O)co2)c1. The summed E-state index contributed by atoms with van der Waals surface area (Å²) < 4.78 is 10.4. The van der Waals surface area contributed by atoms with E-state index in [1.54, 1.807) is 18.2 Å². The van der Waals surface area contributed by atoms with Gasteiger partial charge in [0.1, 0.15) is 12.0 Å². The third-order valence-electron chi connectivity index (χ3n) is 2.12. The van der Waals surface area contributed by atoms with Crippen molar-refractivity contribution in [3.05, 3.63) is 36.2 Å². The molecule has 0 bridgehead atoms. The highest BCUT2D eigenvalue weighted by atomic mass is 16.5. The molecule has 2 aromatic rings. The highest BCUT2D eigenvalue weighted by Gasteiger charge is 2.12. The van der Waals surface area contributed by atoms with Gasteiger partial charge in [0.2, 0.25) is 5.89 Å². The Morgan fingerprint density at radius 2 is 2.35 bits per heavy atom. The zero-order valence-corrected chi connectivity index (χ0v) is 9.21. The van der Waals surface area contributed by atoms with Gasteiger partial charge in [0.15, 0.2) is 5.69 Å². The lowest BCUT2D eigenvalue weighted by Gasteiger charge is -2.03. The Labute approximate surface area is 97.7 Å². The summed E-state index contributed by atoms with van der Waals surface area (Å²) >= 11 is 0. The molecule has 0 unspecified atom stereocenters. The van der Waals surface area contributed by atoms with E-state index in [9.17, 15) is 4.79 Å². The monoisotopic (exact) mass is 233 g/mol. The molecule has 1 aromatic carbocycles. The molecule has 88 valence electrons. The maximum atomic E-state index is 10.7. The zero-order valence-electron chi connectivity index (χ0n) is 9.21. The first-order chi connectivity index (χ1) is 8.20. The Kier molecular flexibility index (Phi) is 3.09. The average molecular weight is 233 g/mol. The Morgan fingerprint density at radius 3 is 3.00 bits per heavy atom. The van der Waals surface area contributed by atoms with Gasteiger partial charge in [-0.05, 0) is 25.1 Å². The van der Waals surface area contributed by atoms with Crippen LogP contribution >= 0.6 is 0 Å². The van der Waals surface area contributed by atoms with Crippen LogP contribution < -0.4 is 4.74 Å². The molecule has 0 saturated heterocycles. The number of nitrogens with zero attached hydrogens (tertiary/aromatic N) is 1. The number of rotatable bonds is 4. The number of carboxylic acids is 1. The fourth-order valence-corrected chi connectivity index (χ4v) is 1.39. The van der Waals surface area contributed by atoms with Crippen LogP contribution in [0.2, 0.25) is 0 Å². The van der Waals surface area contributed by atoms with Crippen LogP contribution in [0.15, 0.2) is 34.9 Å². The molecule has 0 spiro atoms. The fourth-order valence-electron chi connectivity index (χ4n) is 1.39. The summed E-state index contributed by atoms with van der Waals surface area (Å²) in [5, 5.41) is 8.74. The van der Waals surface area contributed by atoms with Crippen LogP contribution in [0.4, 0.5) is 0 Å². The molecule has 0 amide bonds. The fraction of sp³-hybridized carbons (Fsp3) is 0.167.